The van der Waals surface area contributed by atoms with E-state index in [1.165, 1.54) is 9.80 Å². The number of rotatable bonds is 5. The van der Waals surface area contributed by atoms with Crippen LogP contribution in [0.1, 0.15) is 32.1 Å². The quantitative estimate of drug-likeness (QED) is 0.546. The number of carbonyl (C=O) groups is 4. The third kappa shape index (κ3) is 3.61. The molecule has 23 heavy (non-hydrogen) atoms. The maximum atomic E-state index is 12.7. The molecular formula is C14H22N4O5. The number of hydrogen-bond acceptors (Lipinski definition) is 5. The Bertz CT molecular complexity index is 523. The van der Waals surface area contributed by atoms with E-state index in [2.05, 4.69) is 0 Å². The second-order valence-corrected chi connectivity index (χ2v) is 5.99. The lowest BCUT2D eigenvalue weighted by Gasteiger charge is -2.31. The molecule has 0 aromatic heterocycles. The van der Waals surface area contributed by atoms with Crippen LogP contribution in [0.15, 0.2) is 0 Å². The van der Waals surface area contributed by atoms with E-state index < -0.39 is 35.9 Å². The Kier molecular flexibility index (Phi) is 5.19. The average molecular weight is 326 g/mol. The summed E-state index contributed by atoms with van der Waals surface area (Å²) in [5, 5.41) is 9.19. The summed E-state index contributed by atoms with van der Waals surface area (Å²) >= 11 is 0. The molecule has 0 aromatic carbocycles. The lowest BCUT2D eigenvalue weighted by atomic mass is 10.1. The van der Waals surface area contributed by atoms with E-state index in [1.54, 1.807) is 0 Å². The van der Waals surface area contributed by atoms with Crippen LogP contribution in [0.2, 0.25) is 0 Å². The Morgan fingerprint density at radius 1 is 1.04 bits per heavy atom. The van der Waals surface area contributed by atoms with Gasteiger partial charge in [-0.2, -0.15) is 0 Å². The summed E-state index contributed by atoms with van der Waals surface area (Å²) in [6.07, 6.45) is 1.87. The van der Waals surface area contributed by atoms with Crippen molar-refractivity contribution in [3.63, 3.8) is 0 Å². The summed E-state index contributed by atoms with van der Waals surface area (Å²) in [7, 11) is 0. The molecule has 0 saturated carbocycles. The summed E-state index contributed by atoms with van der Waals surface area (Å²) in [5.41, 5.74) is 10.7. The molecule has 0 unspecified atom stereocenters. The number of likely N-dealkylation sites (tertiary alicyclic amines) is 2. The van der Waals surface area contributed by atoms with Gasteiger partial charge in [-0.15, -0.1) is 0 Å². The summed E-state index contributed by atoms with van der Waals surface area (Å²) in [4.78, 5) is 49.8. The van der Waals surface area contributed by atoms with Gasteiger partial charge >= 0.3 is 5.97 Å². The third-order valence-corrected chi connectivity index (χ3v) is 4.38. The summed E-state index contributed by atoms with van der Waals surface area (Å²) in [6.45, 7) is 0.745. The number of nitrogens with two attached hydrogens (primary N) is 2. The molecule has 0 aliphatic carbocycles. The molecule has 5 N–H and O–H groups in total. The van der Waals surface area contributed by atoms with Crippen LogP contribution >= 0.6 is 0 Å². The fraction of sp³-hybridized carbons (Fsp3) is 0.714. The van der Waals surface area contributed by atoms with Crippen LogP contribution in [0.5, 0.6) is 0 Å². The van der Waals surface area contributed by atoms with Gasteiger partial charge in [-0.25, -0.2) is 4.79 Å². The minimum atomic E-state index is -1.07. The predicted molar refractivity (Wildman–Crippen MR) is 78.9 cm³/mol. The zero-order valence-corrected chi connectivity index (χ0v) is 12.8. The van der Waals surface area contributed by atoms with Gasteiger partial charge in [-0.05, 0) is 25.7 Å². The van der Waals surface area contributed by atoms with Gasteiger partial charge in [0.2, 0.25) is 17.7 Å². The normalized spacial score (nSPS) is 25.4. The van der Waals surface area contributed by atoms with E-state index >= 15 is 0 Å². The molecule has 3 atom stereocenters. The Hall–Kier alpha value is -2.16. The zero-order chi connectivity index (χ0) is 17.1. The first kappa shape index (κ1) is 17.2. The van der Waals surface area contributed by atoms with Gasteiger partial charge in [-0.3, -0.25) is 14.4 Å². The predicted octanol–water partition coefficient (Wildman–Crippen LogP) is -1.74. The van der Waals surface area contributed by atoms with Gasteiger partial charge in [0.25, 0.3) is 0 Å². The Balaban J connectivity index is 2.09. The molecule has 2 aliphatic rings. The first-order chi connectivity index (χ1) is 10.8. The minimum absolute atomic E-state index is 0.280. The van der Waals surface area contributed by atoms with E-state index in [0.717, 1.165) is 0 Å². The van der Waals surface area contributed by atoms with E-state index in [1.807, 2.05) is 0 Å². The van der Waals surface area contributed by atoms with Gasteiger partial charge in [0, 0.05) is 13.1 Å². The van der Waals surface area contributed by atoms with Gasteiger partial charge in [0.05, 0.1) is 12.5 Å². The number of nitrogens with zero attached hydrogens (tertiary/aromatic N) is 2. The molecule has 0 radical (unpaired) electrons. The van der Waals surface area contributed by atoms with Crippen molar-refractivity contribution in [1.29, 1.82) is 0 Å². The summed E-state index contributed by atoms with van der Waals surface area (Å²) in [5.74, 6) is -2.56. The SMILES string of the molecule is NC(=O)C[C@H](N)C(=O)N1CCC[C@H]1C(=O)N1CCC[C@H]1C(=O)O. The van der Waals surface area contributed by atoms with Crippen molar-refractivity contribution in [2.45, 2.75) is 50.2 Å². The highest BCUT2D eigenvalue weighted by Crippen LogP contribution is 2.25. The standard InChI is InChI=1S/C14H22N4O5/c15-8(7-11(16)19)12(20)17-5-1-3-9(17)13(21)18-6-2-4-10(18)14(22)23/h8-10H,1-7,15H2,(H2,16,19)(H,22,23)/t8-,9-,10-/m0/s1. The lowest BCUT2D eigenvalue weighted by molar-refractivity contribution is -0.152. The molecule has 2 rings (SSSR count). The molecular weight excluding hydrogens is 304 g/mol. The summed E-state index contributed by atoms with van der Waals surface area (Å²) < 4.78 is 0. The van der Waals surface area contributed by atoms with Crippen LogP contribution in [0.4, 0.5) is 0 Å². The maximum absolute atomic E-state index is 12.7. The van der Waals surface area contributed by atoms with Crippen LogP contribution in [0.25, 0.3) is 0 Å². The number of amides is 3. The number of carboxylic acids is 1. The minimum Gasteiger partial charge on any atom is -0.480 e. The summed E-state index contributed by atoms with van der Waals surface area (Å²) in [6, 6.07) is -2.62. The molecule has 2 saturated heterocycles. The number of primary amides is 1. The Labute approximate surface area is 133 Å². The van der Waals surface area contributed by atoms with Crippen molar-refractivity contribution in [2.75, 3.05) is 13.1 Å². The largest absolute Gasteiger partial charge is 0.480 e. The Morgan fingerprint density at radius 2 is 1.61 bits per heavy atom. The first-order valence-electron chi connectivity index (χ1n) is 7.70. The van der Waals surface area contributed by atoms with Gasteiger partial charge < -0.3 is 26.4 Å². The zero-order valence-electron chi connectivity index (χ0n) is 12.8. The van der Waals surface area contributed by atoms with Crippen molar-refractivity contribution in [1.82, 2.24) is 9.80 Å². The molecule has 0 aromatic rings. The van der Waals surface area contributed by atoms with Gasteiger partial charge in [0.15, 0.2) is 0 Å². The highest BCUT2D eigenvalue weighted by atomic mass is 16.4. The van der Waals surface area contributed by atoms with E-state index in [-0.39, 0.29) is 12.3 Å². The van der Waals surface area contributed by atoms with Crippen molar-refractivity contribution < 1.29 is 24.3 Å². The van der Waals surface area contributed by atoms with Crippen molar-refractivity contribution in [3.05, 3.63) is 0 Å². The van der Waals surface area contributed by atoms with E-state index in [4.69, 9.17) is 11.5 Å². The first-order valence-corrected chi connectivity index (χ1v) is 7.70. The highest BCUT2D eigenvalue weighted by molar-refractivity contribution is 5.94. The molecule has 3 amide bonds. The molecule has 128 valence electrons. The molecule has 2 aliphatic heterocycles. The highest BCUT2D eigenvalue weighted by Gasteiger charge is 2.42. The average Bonchev–Trinajstić information content (AvgIpc) is 3.13. The number of carboxylic acid groups (broad SMARTS) is 1. The van der Waals surface area contributed by atoms with Crippen LogP contribution < -0.4 is 11.5 Å². The number of aliphatic carboxylic acids is 1. The van der Waals surface area contributed by atoms with Crippen LogP contribution in [-0.4, -0.2) is 69.8 Å². The fourth-order valence-corrected chi connectivity index (χ4v) is 3.28. The third-order valence-electron chi connectivity index (χ3n) is 4.38. The Morgan fingerprint density at radius 3 is 2.17 bits per heavy atom. The van der Waals surface area contributed by atoms with Crippen molar-refractivity contribution >= 4 is 23.7 Å². The van der Waals surface area contributed by atoms with Crippen molar-refractivity contribution in [2.24, 2.45) is 11.5 Å². The smallest absolute Gasteiger partial charge is 0.326 e. The second kappa shape index (κ2) is 6.95. The van der Waals surface area contributed by atoms with E-state index in [0.29, 0.717) is 38.8 Å². The molecule has 0 bridgehead atoms. The monoisotopic (exact) mass is 326 g/mol. The number of hydrogen-bond donors (Lipinski definition) is 3. The molecule has 0 spiro atoms. The van der Waals surface area contributed by atoms with Gasteiger partial charge in [-0.1, -0.05) is 0 Å². The molecule has 2 heterocycles. The van der Waals surface area contributed by atoms with Crippen LogP contribution in [0.3, 0.4) is 0 Å². The van der Waals surface area contributed by atoms with Gasteiger partial charge in [0.1, 0.15) is 12.1 Å². The lowest BCUT2D eigenvalue weighted by Crippen LogP contribution is -2.54. The van der Waals surface area contributed by atoms with E-state index in [9.17, 15) is 24.3 Å². The maximum Gasteiger partial charge on any atom is 0.326 e. The topological polar surface area (TPSA) is 147 Å². The van der Waals surface area contributed by atoms with Crippen LogP contribution in [0, 0.1) is 0 Å². The van der Waals surface area contributed by atoms with Crippen molar-refractivity contribution in [3.8, 4) is 0 Å². The fourth-order valence-electron chi connectivity index (χ4n) is 3.28. The van der Waals surface area contributed by atoms with Crippen LogP contribution in [-0.2, 0) is 19.2 Å². The molecule has 9 nitrogen and oxygen atoms in total. The second-order valence-electron chi connectivity index (χ2n) is 5.99. The molecule has 2 fully saturated rings. The molecule has 9 heteroatoms. The number of carbonyl (C=O) groups excluding carboxylic acids is 3.